The van der Waals surface area contributed by atoms with Crippen LogP contribution in [-0.2, 0) is 4.79 Å². The number of halogens is 3. The first-order valence-electron chi connectivity index (χ1n) is 8.10. The molecule has 1 heterocycles. The van der Waals surface area contributed by atoms with E-state index in [1.54, 1.807) is 37.3 Å². The minimum Gasteiger partial charge on any atom is -0.465 e. The fourth-order valence-electron chi connectivity index (χ4n) is 3.45. The first-order valence-corrected chi connectivity index (χ1v) is 8.10. The molecule has 0 aromatic heterocycles. The van der Waals surface area contributed by atoms with E-state index in [1.807, 2.05) is 0 Å². The fourth-order valence-corrected chi connectivity index (χ4v) is 3.45. The lowest BCUT2D eigenvalue weighted by molar-refractivity contribution is -0.201. The Kier molecular flexibility index (Phi) is 4.17. The van der Waals surface area contributed by atoms with Crippen LogP contribution in [0.5, 0.6) is 0 Å². The van der Waals surface area contributed by atoms with Crippen molar-refractivity contribution in [3.63, 3.8) is 0 Å². The normalized spacial score (nSPS) is 25.6. The summed E-state index contributed by atoms with van der Waals surface area (Å²) in [6.45, 7) is 1.49. The predicted molar refractivity (Wildman–Crippen MR) is 82.8 cm³/mol. The lowest BCUT2D eigenvalue weighted by Crippen LogP contribution is -2.59. The van der Waals surface area contributed by atoms with Gasteiger partial charge in [0.1, 0.15) is 5.41 Å². The van der Waals surface area contributed by atoms with Gasteiger partial charge < -0.3 is 10.0 Å². The Morgan fingerprint density at radius 3 is 2.20 bits per heavy atom. The van der Waals surface area contributed by atoms with Crippen LogP contribution in [0.25, 0.3) is 0 Å². The molecule has 2 atom stereocenters. The molecule has 25 heavy (non-hydrogen) atoms. The number of rotatable bonds is 2. The van der Waals surface area contributed by atoms with Crippen molar-refractivity contribution >= 4 is 12.0 Å². The Hall–Kier alpha value is -2.25. The lowest BCUT2D eigenvalue weighted by Gasteiger charge is -2.45. The van der Waals surface area contributed by atoms with Crippen LogP contribution in [0.2, 0.25) is 0 Å². The van der Waals surface area contributed by atoms with Crippen molar-refractivity contribution in [2.45, 2.75) is 38.0 Å². The van der Waals surface area contributed by atoms with Gasteiger partial charge in [-0.2, -0.15) is 13.2 Å². The number of carboxylic acid groups (broad SMARTS) is 1. The van der Waals surface area contributed by atoms with Crippen molar-refractivity contribution in [1.82, 2.24) is 9.80 Å². The van der Waals surface area contributed by atoms with Crippen LogP contribution < -0.4 is 0 Å². The topological polar surface area (TPSA) is 60.9 Å². The molecule has 1 aliphatic carbocycles. The third-order valence-corrected chi connectivity index (χ3v) is 5.13. The van der Waals surface area contributed by atoms with E-state index in [2.05, 4.69) is 0 Å². The summed E-state index contributed by atoms with van der Waals surface area (Å²) in [5.74, 6) is -0.932. The molecule has 2 aliphatic rings. The Morgan fingerprint density at radius 2 is 1.72 bits per heavy atom. The summed E-state index contributed by atoms with van der Waals surface area (Å²) < 4.78 is 39.9. The molecule has 0 bridgehead atoms. The molecule has 8 heteroatoms. The van der Waals surface area contributed by atoms with Gasteiger partial charge in [0.2, 0.25) is 5.91 Å². The number of piperazine rings is 1. The summed E-state index contributed by atoms with van der Waals surface area (Å²) in [7, 11) is 0. The van der Waals surface area contributed by atoms with Crippen LogP contribution in [0.15, 0.2) is 30.3 Å². The van der Waals surface area contributed by atoms with Gasteiger partial charge >= 0.3 is 12.3 Å². The van der Waals surface area contributed by atoms with Gasteiger partial charge in [-0.3, -0.25) is 9.69 Å². The van der Waals surface area contributed by atoms with E-state index < -0.39 is 35.7 Å². The van der Waals surface area contributed by atoms with E-state index in [9.17, 15) is 27.9 Å². The zero-order valence-electron chi connectivity index (χ0n) is 13.7. The highest BCUT2D eigenvalue weighted by Crippen LogP contribution is 2.59. The van der Waals surface area contributed by atoms with Gasteiger partial charge in [-0.15, -0.1) is 0 Å². The molecule has 136 valence electrons. The van der Waals surface area contributed by atoms with E-state index in [-0.39, 0.29) is 25.9 Å². The summed E-state index contributed by atoms with van der Waals surface area (Å²) in [4.78, 5) is 26.6. The Labute approximate surface area is 143 Å². The summed E-state index contributed by atoms with van der Waals surface area (Å²) in [5, 5.41) is 9.46. The number of hydrogen-bond donors (Lipinski definition) is 1. The molecule has 2 amide bonds. The average molecular weight is 356 g/mol. The highest BCUT2D eigenvalue weighted by molar-refractivity contribution is 5.87. The number of carbonyl (C=O) groups is 2. The van der Waals surface area contributed by atoms with E-state index in [4.69, 9.17) is 0 Å². The van der Waals surface area contributed by atoms with E-state index in [1.165, 1.54) is 9.80 Å². The van der Waals surface area contributed by atoms with Crippen molar-refractivity contribution in [1.29, 1.82) is 0 Å². The number of nitrogens with zero attached hydrogens (tertiary/aromatic N) is 2. The predicted octanol–water partition coefficient (Wildman–Crippen LogP) is 3.28. The highest BCUT2D eigenvalue weighted by Gasteiger charge is 2.69. The second kappa shape index (κ2) is 5.93. The molecule has 1 aliphatic heterocycles. The quantitative estimate of drug-likeness (QED) is 0.885. The van der Waals surface area contributed by atoms with Crippen molar-refractivity contribution in [2.75, 3.05) is 13.1 Å². The van der Waals surface area contributed by atoms with Crippen LogP contribution in [0.4, 0.5) is 18.0 Å². The van der Waals surface area contributed by atoms with Crippen molar-refractivity contribution in [3.8, 4) is 0 Å². The van der Waals surface area contributed by atoms with Crippen molar-refractivity contribution in [2.24, 2.45) is 5.41 Å². The van der Waals surface area contributed by atoms with Crippen LogP contribution in [0.3, 0.4) is 0 Å². The fraction of sp³-hybridized carbons (Fsp3) is 0.529. The number of carbonyl (C=O) groups excluding carboxylic acids is 1. The van der Waals surface area contributed by atoms with Gasteiger partial charge in [0.05, 0.1) is 6.04 Å². The number of amides is 2. The number of hydrogen-bond acceptors (Lipinski definition) is 2. The zero-order valence-corrected chi connectivity index (χ0v) is 13.7. The molecule has 1 saturated heterocycles. The molecular weight excluding hydrogens is 337 g/mol. The maximum Gasteiger partial charge on any atom is 0.407 e. The largest absolute Gasteiger partial charge is 0.465 e. The van der Waals surface area contributed by atoms with Gasteiger partial charge in [0.15, 0.2) is 0 Å². The molecule has 1 aromatic carbocycles. The van der Waals surface area contributed by atoms with Gasteiger partial charge in [0.25, 0.3) is 0 Å². The maximum absolute atomic E-state index is 13.3. The molecule has 0 radical (unpaired) electrons. The van der Waals surface area contributed by atoms with Crippen LogP contribution in [-0.4, -0.2) is 52.2 Å². The number of benzene rings is 1. The number of alkyl halides is 3. The van der Waals surface area contributed by atoms with Crippen molar-refractivity contribution in [3.05, 3.63) is 35.9 Å². The van der Waals surface area contributed by atoms with Gasteiger partial charge in [-0.25, -0.2) is 4.79 Å². The minimum atomic E-state index is -4.57. The summed E-state index contributed by atoms with van der Waals surface area (Å²) in [5.41, 5.74) is -1.63. The first kappa shape index (κ1) is 17.6. The summed E-state index contributed by atoms with van der Waals surface area (Å²) in [6.07, 6.45) is -6.12. The second-order valence-corrected chi connectivity index (χ2v) is 6.75. The Balaban J connectivity index is 1.90. The first-order chi connectivity index (χ1) is 11.7. The Bertz CT molecular complexity index is 673. The second-order valence-electron chi connectivity index (χ2n) is 6.75. The van der Waals surface area contributed by atoms with Gasteiger partial charge in [-0.05, 0) is 25.3 Å². The molecule has 0 spiro atoms. The SMILES string of the molecule is C[C@@H]1CN(C(=O)O)[C@@H](c2ccccc2)CN1C(=O)C1(C(F)(F)F)CC1. The highest BCUT2D eigenvalue weighted by atomic mass is 19.4. The van der Waals surface area contributed by atoms with Crippen LogP contribution in [0.1, 0.15) is 31.4 Å². The van der Waals surface area contributed by atoms with Crippen LogP contribution >= 0.6 is 0 Å². The third kappa shape index (κ3) is 2.94. The molecule has 1 N–H and O–H groups in total. The molecule has 1 saturated carbocycles. The standard InChI is InChI=1S/C17H19F3N2O3/c1-11-9-22(15(24)25)13(12-5-3-2-4-6-12)10-21(11)14(23)16(7-8-16)17(18,19)20/h2-6,11,13H,7-10H2,1H3,(H,24,25)/t11-,13-/m1/s1. The Morgan fingerprint density at radius 1 is 1.12 bits per heavy atom. The summed E-state index contributed by atoms with van der Waals surface area (Å²) >= 11 is 0. The molecule has 2 fully saturated rings. The molecule has 5 nitrogen and oxygen atoms in total. The summed E-state index contributed by atoms with van der Waals surface area (Å²) in [6, 6.07) is 7.39. The zero-order chi connectivity index (χ0) is 18.4. The van der Waals surface area contributed by atoms with Crippen LogP contribution in [0, 0.1) is 5.41 Å². The van der Waals surface area contributed by atoms with E-state index in [0.29, 0.717) is 5.56 Å². The smallest absolute Gasteiger partial charge is 0.407 e. The third-order valence-electron chi connectivity index (χ3n) is 5.13. The lowest BCUT2D eigenvalue weighted by atomic mass is 9.96. The molecule has 3 rings (SSSR count). The van der Waals surface area contributed by atoms with E-state index >= 15 is 0 Å². The minimum absolute atomic E-state index is 0.0193. The monoisotopic (exact) mass is 356 g/mol. The van der Waals surface area contributed by atoms with Gasteiger partial charge in [-0.1, -0.05) is 30.3 Å². The maximum atomic E-state index is 13.3. The molecular formula is C17H19F3N2O3. The molecule has 0 unspecified atom stereocenters. The average Bonchev–Trinajstić information content (AvgIpc) is 3.36. The molecule has 1 aromatic rings. The van der Waals surface area contributed by atoms with E-state index in [0.717, 1.165) is 0 Å². The van der Waals surface area contributed by atoms with Crippen molar-refractivity contribution < 1.29 is 27.9 Å². The van der Waals surface area contributed by atoms with Gasteiger partial charge in [0, 0.05) is 19.1 Å².